The van der Waals surface area contributed by atoms with Gasteiger partial charge in [-0.25, -0.2) is 4.99 Å². The molecule has 2 aromatic carbocycles. The van der Waals surface area contributed by atoms with Crippen LogP contribution in [0.3, 0.4) is 0 Å². The molecule has 0 spiro atoms. The lowest BCUT2D eigenvalue weighted by molar-refractivity contribution is -0.119. The largest absolute Gasteiger partial charge is 0.465 e. The van der Waals surface area contributed by atoms with Gasteiger partial charge in [0.2, 0.25) is 6.17 Å². The molecule has 0 bridgehead atoms. The maximum absolute atomic E-state index is 13.2. The number of hydrogen-bond donors (Lipinski definition) is 2. The van der Waals surface area contributed by atoms with Crippen molar-refractivity contribution in [2.75, 3.05) is 11.9 Å². The van der Waals surface area contributed by atoms with Gasteiger partial charge in [0.1, 0.15) is 11.5 Å². The van der Waals surface area contributed by atoms with Crippen LogP contribution in [0.1, 0.15) is 22.6 Å². The summed E-state index contributed by atoms with van der Waals surface area (Å²) in [5.41, 5.74) is 3.05. The van der Waals surface area contributed by atoms with Crippen LogP contribution in [0.2, 0.25) is 5.02 Å². The summed E-state index contributed by atoms with van der Waals surface area (Å²) in [6.45, 7) is 2.28. The van der Waals surface area contributed by atoms with E-state index in [4.69, 9.17) is 33.2 Å². The quantitative estimate of drug-likeness (QED) is 0.584. The average molecular weight is 453 g/mol. The number of aliphatic imine (C=N–C) groups is 1. The van der Waals surface area contributed by atoms with E-state index >= 15 is 0 Å². The van der Waals surface area contributed by atoms with Crippen molar-refractivity contribution in [3.05, 3.63) is 88.3 Å². The Labute approximate surface area is 190 Å². The van der Waals surface area contributed by atoms with Crippen molar-refractivity contribution in [1.29, 1.82) is 0 Å². The number of thiocarbonyl (C=S) groups is 1. The second-order valence-electron chi connectivity index (χ2n) is 7.14. The van der Waals surface area contributed by atoms with E-state index in [1.807, 2.05) is 61.5 Å². The van der Waals surface area contributed by atoms with Gasteiger partial charge < -0.3 is 20.0 Å². The van der Waals surface area contributed by atoms with Gasteiger partial charge in [-0.05, 0) is 49.5 Å². The maximum Gasteiger partial charge on any atom is 0.272 e. The minimum Gasteiger partial charge on any atom is -0.465 e. The number of rotatable bonds is 4. The zero-order valence-electron chi connectivity index (χ0n) is 17.1. The number of hydrogen-bond acceptors (Lipinski definition) is 4. The third-order valence-electron chi connectivity index (χ3n) is 4.93. The molecule has 0 aliphatic carbocycles. The van der Waals surface area contributed by atoms with Crippen LogP contribution in [0.4, 0.5) is 5.69 Å². The van der Waals surface area contributed by atoms with Gasteiger partial charge in [-0.1, -0.05) is 41.9 Å². The standard InChI is InChI=1S/C23H21ClN4O2S/c1-14-8-10-17(30-14)13-25-23(31)27-21-22(29)28(2)19-11-9-16(24)12-18(19)20(26-21)15-6-4-3-5-7-15/h3-12,21H,13H2,1-2H3,(H2,25,27,31). The first-order valence-corrected chi connectivity index (χ1v) is 10.5. The van der Waals surface area contributed by atoms with Gasteiger partial charge in [0.05, 0.1) is 17.9 Å². The molecule has 4 rings (SSSR count). The van der Waals surface area contributed by atoms with Crippen molar-refractivity contribution in [3.63, 3.8) is 0 Å². The molecule has 0 saturated heterocycles. The van der Waals surface area contributed by atoms with Crippen molar-refractivity contribution >= 4 is 46.2 Å². The predicted molar refractivity (Wildman–Crippen MR) is 127 cm³/mol. The Morgan fingerprint density at radius 1 is 1.19 bits per heavy atom. The van der Waals surface area contributed by atoms with Crippen molar-refractivity contribution < 1.29 is 9.21 Å². The van der Waals surface area contributed by atoms with Gasteiger partial charge >= 0.3 is 0 Å². The minimum atomic E-state index is -0.898. The lowest BCUT2D eigenvalue weighted by Gasteiger charge is -2.21. The van der Waals surface area contributed by atoms with Crippen LogP contribution in [0, 0.1) is 6.92 Å². The number of anilines is 1. The molecular weight excluding hydrogens is 432 g/mol. The van der Waals surface area contributed by atoms with Gasteiger partial charge in [0.25, 0.3) is 5.91 Å². The fraction of sp³-hybridized carbons (Fsp3) is 0.174. The molecule has 0 saturated carbocycles. The third kappa shape index (κ3) is 4.62. The van der Waals surface area contributed by atoms with Crippen LogP contribution in [0.25, 0.3) is 0 Å². The molecule has 158 valence electrons. The highest BCUT2D eigenvalue weighted by Crippen LogP contribution is 2.29. The van der Waals surface area contributed by atoms with Crippen molar-refractivity contribution in [3.8, 4) is 0 Å². The fourth-order valence-corrected chi connectivity index (χ4v) is 3.75. The Morgan fingerprint density at radius 2 is 1.97 bits per heavy atom. The molecular formula is C23H21ClN4O2S. The smallest absolute Gasteiger partial charge is 0.272 e. The Bertz CT molecular complexity index is 1160. The molecule has 8 heteroatoms. The second-order valence-corrected chi connectivity index (χ2v) is 7.99. The predicted octanol–water partition coefficient (Wildman–Crippen LogP) is 4.05. The van der Waals surface area contributed by atoms with Gasteiger partial charge in [-0.15, -0.1) is 0 Å². The molecule has 1 atom stereocenters. The summed E-state index contributed by atoms with van der Waals surface area (Å²) < 4.78 is 5.55. The van der Waals surface area contributed by atoms with Crippen LogP contribution >= 0.6 is 23.8 Å². The Hall–Kier alpha value is -3.16. The molecule has 2 N–H and O–H groups in total. The van der Waals surface area contributed by atoms with Crippen LogP contribution in [0.5, 0.6) is 0 Å². The highest BCUT2D eigenvalue weighted by atomic mass is 35.5. The van der Waals surface area contributed by atoms with E-state index in [9.17, 15) is 4.79 Å². The summed E-state index contributed by atoms with van der Waals surface area (Å²) in [7, 11) is 1.72. The first-order valence-electron chi connectivity index (χ1n) is 9.73. The number of halogens is 1. The Morgan fingerprint density at radius 3 is 2.68 bits per heavy atom. The van der Waals surface area contributed by atoms with Crippen molar-refractivity contribution in [2.45, 2.75) is 19.6 Å². The van der Waals surface area contributed by atoms with E-state index < -0.39 is 6.17 Å². The number of aryl methyl sites for hydroxylation is 1. The van der Waals surface area contributed by atoms with E-state index in [1.165, 1.54) is 0 Å². The van der Waals surface area contributed by atoms with E-state index in [0.717, 1.165) is 28.3 Å². The molecule has 0 radical (unpaired) electrons. The number of likely N-dealkylation sites (N-methyl/N-ethyl adjacent to an activating group) is 1. The molecule has 1 aromatic heterocycles. The molecule has 1 aliphatic rings. The Balaban J connectivity index is 1.65. The molecule has 0 fully saturated rings. The number of nitrogens with one attached hydrogen (secondary N) is 2. The summed E-state index contributed by atoms with van der Waals surface area (Å²) in [5.74, 6) is 1.35. The zero-order chi connectivity index (χ0) is 22.0. The normalized spacial score (nSPS) is 15.7. The number of benzene rings is 2. The molecule has 3 aromatic rings. The van der Waals surface area contributed by atoms with Gasteiger partial charge in [-0.3, -0.25) is 4.79 Å². The molecule has 31 heavy (non-hydrogen) atoms. The van der Waals surface area contributed by atoms with Crippen LogP contribution < -0.4 is 15.5 Å². The number of nitrogens with zero attached hydrogens (tertiary/aromatic N) is 2. The average Bonchev–Trinajstić information content (AvgIpc) is 3.16. The lowest BCUT2D eigenvalue weighted by Crippen LogP contribution is -2.49. The monoisotopic (exact) mass is 452 g/mol. The SMILES string of the molecule is Cc1ccc(CNC(=S)NC2N=C(c3ccccc3)c3cc(Cl)ccc3N(C)C2=O)o1. The molecule has 2 heterocycles. The number of carbonyl (C=O) groups is 1. The number of fused-ring (bicyclic) bond motifs is 1. The van der Waals surface area contributed by atoms with Gasteiger partial charge in [0, 0.05) is 23.2 Å². The van der Waals surface area contributed by atoms with Crippen molar-refractivity contribution in [2.24, 2.45) is 4.99 Å². The first-order chi connectivity index (χ1) is 14.9. The van der Waals surface area contributed by atoms with E-state index in [-0.39, 0.29) is 5.91 Å². The summed E-state index contributed by atoms with van der Waals surface area (Å²) in [6, 6.07) is 18.9. The summed E-state index contributed by atoms with van der Waals surface area (Å²) in [4.78, 5) is 19.5. The number of carbonyl (C=O) groups excluding carboxylic acids is 1. The molecule has 1 unspecified atom stereocenters. The minimum absolute atomic E-state index is 0.229. The second kappa shape index (κ2) is 8.91. The zero-order valence-corrected chi connectivity index (χ0v) is 18.6. The highest BCUT2D eigenvalue weighted by molar-refractivity contribution is 7.80. The van der Waals surface area contributed by atoms with E-state index in [2.05, 4.69) is 10.6 Å². The molecule has 1 amide bonds. The number of furan rings is 1. The fourth-order valence-electron chi connectivity index (χ4n) is 3.39. The molecule has 1 aliphatic heterocycles. The van der Waals surface area contributed by atoms with E-state index in [1.54, 1.807) is 18.0 Å². The topological polar surface area (TPSA) is 69.9 Å². The maximum atomic E-state index is 13.2. The van der Waals surface area contributed by atoms with Crippen LogP contribution in [0.15, 0.2) is 70.1 Å². The third-order valence-corrected chi connectivity index (χ3v) is 5.43. The van der Waals surface area contributed by atoms with Crippen molar-refractivity contribution in [1.82, 2.24) is 10.6 Å². The number of benzodiazepines with no additional fused rings is 1. The first kappa shape index (κ1) is 21.1. The lowest BCUT2D eigenvalue weighted by atomic mass is 10.0. The summed E-state index contributed by atoms with van der Waals surface area (Å²) >= 11 is 11.7. The van der Waals surface area contributed by atoms with Crippen LogP contribution in [-0.4, -0.2) is 29.9 Å². The van der Waals surface area contributed by atoms with Gasteiger partial charge in [-0.2, -0.15) is 0 Å². The number of amides is 1. The van der Waals surface area contributed by atoms with Gasteiger partial charge in [0.15, 0.2) is 5.11 Å². The Kier molecular flexibility index (Phi) is 6.06. The molecule has 6 nitrogen and oxygen atoms in total. The van der Waals surface area contributed by atoms with Crippen LogP contribution in [-0.2, 0) is 11.3 Å². The summed E-state index contributed by atoms with van der Waals surface area (Å²) in [6.07, 6.45) is -0.898. The highest BCUT2D eigenvalue weighted by Gasteiger charge is 2.30. The van der Waals surface area contributed by atoms with E-state index in [0.29, 0.717) is 22.4 Å². The summed E-state index contributed by atoms with van der Waals surface area (Å²) in [5, 5.41) is 6.97.